The molecule has 3 heterocycles. The summed E-state index contributed by atoms with van der Waals surface area (Å²) in [6, 6.07) is 9.53. The molecule has 0 amide bonds. The van der Waals surface area contributed by atoms with Gasteiger partial charge in [-0.3, -0.25) is 9.78 Å². The summed E-state index contributed by atoms with van der Waals surface area (Å²) < 4.78 is 40.7. The molecule has 0 saturated carbocycles. The Balaban J connectivity index is 2.11. The molecule has 5 nitrogen and oxygen atoms in total. The Morgan fingerprint density at radius 2 is 2.00 bits per heavy atom. The van der Waals surface area contributed by atoms with E-state index in [9.17, 15) is 23.1 Å². The number of hydrogen-bond acceptors (Lipinski definition) is 3. The molecule has 0 bridgehead atoms. The normalized spacial score (nSPS) is 13.3. The monoisotopic (exact) mass is 421 g/mol. The Morgan fingerprint density at radius 3 is 2.66 bits per heavy atom. The van der Waals surface area contributed by atoms with E-state index in [1.807, 2.05) is 0 Å². The Bertz CT molecular complexity index is 1280. The van der Waals surface area contributed by atoms with Crippen molar-refractivity contribution >= 4 is 33.4 Å². The van der Waals surface area contributed by atoms with Gasteiger partial charge in [-0.05, 0) is 36.8 Å². The fourth-order valence-electron chi connectivity index (χ4n) is 3.65. The van der Waals surface area contributed by atoms with Crippen LogP contribution in [0.2, 0.25) is 5.02 Å². The Hall–Kier alpha value is -2.84. The van der Waals surface area contributed by atoms with Gasteiger partial charge in [0.25, 0.3) is 0 Å². The number of nitrogens with zero attached hydrogens (tertiary/aromatic N) is 2. The van der Waals surface area contributed by atoms with Gasteiger partial charge in [0, 0.05) is 28.6 Å². The van der Waals surface area contributed by atoms with Crippen molar-refractivity contribution in [3.63, 3.8) is 0 Å². The summed E-state index contributed by atoms with van der Waals surface area (Å²) in [6.45, 7) is 1.05. The first kappa shape index (κ1) is 19.5. The smallest absolute Gasteiger partial charge is 0.382 e. The van der Waals surface area contributed by atoms with E-state index in [1.165, 1.54) is 10.6 Å². The van der Waals surface area contributed by atoms with Gasteiger partial charge in [0.05, 0.1) is 28.5 Å². The van der Waals surface area contributed by atoms with Crippen LogP contribution in [0.25, 0.3) is 33.2 Å². The zero-order valence-electron chi connectivity index (χ0n) is 15.1. The molecule has 1 atom stereocenters. The molecule has 150 valence electrons. The van der Waals surface area contributed by atoms with Crippen molar-refractivity contribution < 1.29 is 18.3 Å². The zero-order valence-corrected chi connectivity index (χ0v) is 15.8. The zero-order chi connectivity index (χ0) is 20.9. The van der Waals surface area contributed by atoms with Crippen LogP contribution in [0.1, 0.15) is 5.56 Å². The number of aryl methyl sites for hydroxylation is 1. The van der Waals surface area contributed by atoms with Crippen molar-refractivity contribution in [3.05, 3.63) is 63.5 Å². The third-order valence-corrected chi connectivity index (χ3v) is 5.17. The molecule has 0 radical (unpaired) electrons. The van der Waals surface area contributed by atoms with Gasteiger partial charge in [0.2, 0.25) is 5.56 Å². The number of rotatable bonds is 3. The number of aliphatic hydroxyl groups excluding tert-OH is 1. The van der Waals surface area contributed by atoms with E-state index in [1.54, 1.807) is 43.5 Å². The predicted molar refractivity (Wildman–Crippen MR) is 105 cm³/mol. The number of alkyl halides is 3. The molecule has 0 fully saturated rings. The summed E-state index contributed by atoms with van der Waals surface area (Å²) in [5.41, 5.74) is 2.10. The van der Waals surface area contributed by atoms with Gasteiger partial charge in [0.15, 0.2) is 6.10 Å². The minimum atomic E-state index is -4.77. The average Bonchev–Trinajstić information content (AvgIpc) is 2.93. The molecule has 4 aromatic rings. The van der Waals surface area contributed by atoms with Crippen molar-refractivity contribution in [2.24, 2.45) is 0 Å². The maximum absolute atomic E-state index is 13.1. The summed E-state index contributed by atoms with van der Waals surface area (Å²) in [7, 11) is 0. The second-order valence-electron chi connectivity index (χ2n) is 6.72. The highest BCUT2D eigenvalue weighted by molar-refractivity contribution is 6.37. The minimum Gasteiger partial charge on any atom is -0.382 e. The number of aromatic amines is 1. The maximum atomic E-state index is 13.1. The van der Waals surface area contributed by atoms with Crippen LogP contribution in [0.4, 0.5) is 13.2 Å². The molecule has 0 aliphatic carbocycles. The Labute approximate surface area is 167 Å². The summed E-state index contributed by atoms with van der Waals surface area (Å²) in [6.07, 6.45) is -5.78. The third kappa shape index (κ3) is 3.28. The lowest BCUT2D eigenvalue weighted by atomic mass is 10.1. The second kappa shape index (κ2) is 6.89. The SMILES string of the molecule is Cc1c(-c2ccccn2)n(CC(O)C(F)(F)F)c2ccc3[nH]c(=O)cc(Cl)c3c12. The van der Waals surface area contributed by atoms with Crippen LogP contribution in [-0.2, 0) is 6.54 Å². The van der Waals surface area contributed by atoms with E-state index in [0.29, 0.717) is 38.8 Å². The molecule has 0 aliphatic rings. The highest BCUT2D eigenvalue weighted by Crippen LogP contribution is 2.39. The largest absolute Gasteiger partial charge is 0.416 e. The van der Waals surface area contributed by atoms with Gasteiger partial charge >= 0.3 is 6.18 Å². The molecule has 1 aromatic carbocycles. The summed E-state index contributed by atoms with van der Waals surface area (Å²) in [4.78, 5) is 18.7. The molecule has 0 aliphatic heterocycles. The molecule has 29 heavy (non-hydrogen) atoms. The number of aliphatic hydroxyl groups is 1. The number of aromatic nitrogens is 3. The molecule has 3 aromatic heterocycles. The Morgan fingerprint density at radius 1 is 1.24 bits per heavy atom. The average molecular weight is 422 g/mol. The highest BCUT2D eigenvalue weighted by Gasteiger charge is 2.39. The molecule has 2 N–H and O–H groups in total. The van der Waals surface area contributed by atoms with Crippen LogP contribution in [0.15, 0.2) is 47.4 Å². The van der Waals surface area contributed by atoms with Gasteiger partial charge in [-0.15, -0.1) is 0 Å². The van der Waals surface area contributed by atoms with E-state index in [-0.39, 0.29) is 10.6 Å². The van der Waals surface area contributed by atoms with Crippen LogP contribution in [0, 0.1) is 6.92 Å². The fourth-order valence-corrected chi connectivity index (χ4v) is 3.94. The molecule has 9 heteroatoms. The van der Waals surface area contributed by atoms with E-state index in [2.05, 4.69) is 9.97 Å². The molecule has 4 rings (SSSR count). The number of halogens is 4. The highest BCUT2D eigenvalue weighted by atomic mass is 35.5. The number of benzene rings is 1. The lowest BCUT2D eigenvalue weighted by molar-refractivity contribution is -0.207. The van der Waals surface area contributed by atoms with Crippen LogP contribution >= 0.6 is 11.6 Å². The first-order valence-electron chi connectivity index (χ1n) is 8.69. The third-order valence-electron chi connectivity index (χ3n) is 4.87. The van der Waals surface area contributed by atoms with Gasteiger partial charge < -0.3 is 14.7 Å². The summed E-state index contributed by atoms with van der Waals surface area (Å²) in [5, 5.41) is 11.1. The first-order chi connectivity index (χ1) is 13.7. The van der Waals surface area contributed by atoms with Gasteiger partial charge in [-0.1, -0.05) is 17.7 Å². The van der Waals surface area contributed by atoms with E-state index in [4.69, 9.17) is 11.6 Å². The lowest BCUT2D eigenvalue weighted by Gasteiger charge is -2.18. The number of H-pyrrole nitrogens is 1. The van der Waals surface area contributed by atoms with E-state index >= 15 is 0 Å². The van der Waals surface area contributed by atoms with Crippen molar-refractivity contribution in [1.82, 2.24) is 14.5 Å². The molecule has 0 saturated heterocycles. The standard InChI is InChI=1S/C20H15ClF3N3O2/c1-10-17-14(6-5-12-18(17)11(21)8-16(29)26-12)27(9-15(28)20(22,23)24)19(10)13-4-2-3-7-25-13/h2-8,15,28H,9H2,1H3,(H,26,29). The van der Waals surface area contributed by atoms with Gasteiger partial charge in [0.1, 0.15) is 0 Å². The first-order valence-corrected chi connectivity index (χ1v) is 9.07. The van der Waals surface area contributed by atoms with Crippen LogP contribution < -0.4 is 5.56 Å². The number of pyridine rings is 2. The minimum absolute atomic E-state index is 0.193. The number of hydrogen-bond donors (Lipinski definition) is 2. The van der Waals surface area contributed by atoms with Crippen LogP contribution in [-0.4, -0.2) is 31.9 Å². The number of fused-ring (bicyclic) bond motifs is 3. The molecule has 0 spiro atoms. The Kier molecular flexibility index (Phi) is 4.63. The molecular formula is C20H15ClF3N3O2. The quantitative estimate of drug-likeness (QED) is 0.514. The van der Waals surface area contributed by atoms with Crippen molar-refractivity contribution in [2.45, 2.75) is 25.7 Å². The van der Waals surface area contributed by atoms with Gasteiger partial charge in [-0.25, -0.2) is 0 Å². The van der Waals surface area contributed by atoms with E-state index in [0.717, 1.165) is 0 Å². The van der Waals surface area contributed by atoms with Gasteiger partial charge in [-0.2, -0.15) is 13.2 Å². The molecule has 1 unspecified atom stereocenters. The van der Waals surface area contributed by atoms with Crippen molar-refractivity contribution in [2.75, 3.05) is 0 Å². The fraction of sp³-hybridized carbons (Fsp3) is 0.200. The van der Waals surface area contributed by atoms with Crippen molar-refractivity contribution in [3.8, 4) is 11.4 Å². The topological polar surface area (TPSA) is 70.9 Å². The lowest BCUT2D eigenvalue weighted by Crippen LogP contribution is -2.33. The second-order valence-corrected chi connectivity index (χ2v) is 7.13. The van der Waals surface area contributed by atoms with Crippen molar-refractivity contribution in [1.29, 1.82) is 0 Å². The molecular weight excluding hydrogens is 407 g/mol. The summed E-state index contributed by atoms with van der Waals surface area (Å²) >= 11 is 6.32. The summed E-state index contributed by atoms with van der Waals surface area (Å²) in [5.74, 6) is 0. The number of nitrogens with one attached hydrogen (secondary N) is 1. The van der Waals surface area contributed by atoms with E-state index < -0.39 is 18.8 Å². The predicted octanol–water partition coefficient (Wildman–Crippen LogP) is 4.43. The van der Waals surface area contributed by atoms with Crippen LogP contribution in [0.5, 0.6) is 0 Å². The maximum Gasteiger partial charge on any atom is 0.416 e. The van der Waals surface area contributed by atoms with Crippen LogP contribution in [0.3, 0.4) is 0 Å².